The molecule has 1 aromatic carbocycles. The number of aliphatic hydroxyl groups excluding tert-OH is 2. The highest BCUT2D eigenvalue weighted by molar-refractivity contribution is 14.1. The number of methoxy groups -OCH3 is 1. The fraction of sp³-hybridized carbons (Fsp3) is 0.474. The summed E-state index contributed by atoms with van der Waals surface area (Å²) in [5.41, 5.74) is 2.93. The Morgan fingerprint density at radius 3 is 2.70 bits per heavy atom. The summed E-state index contributed by atoms with van der Waals surface area (Å²) >= 11 is 2.03. The van der Waals surface area contributed by atoms with E-state index < -0.39 is 27.8 Å². The van der Waals surface area contributed by atoms with Gasteiger partial charge in [0.05, 0.1) is 29.1 Å². The van der Waals surface area contributed by atoms with Gasteiger partial charge in [-0.1, -0.05) is 17.2 Å². The van der Waals surface area contributed by atoms with Gasteiger partial charge in [-0.3, -0.25) is 0 Å². The van der Waals surface area contributed by atoms with Crippen molar-refractivity contribution >= 4 is 38.5 Å². The molecule has 0 spiro atoms. The standard InChI is InChI=1S/C19H25IO6S/c1-11(6-13-7-14(20)19(23)16(8-13)26-3)4-5-15(22)18-12(2)10-27(24,25)17(18)9-21/h6-8,15,17,21-23H,4-5,9-10H2,1-3H3/b11-6+/t15-,17+/m1/s1. The maximum atomic E-state index is 12.1. The molecule has 1 aliphatic heterocycles. The molecule has 27 heavy (non-hydrogen) atoms. The molecule has 0 radical (unpaired) electrons. The molecule has 2 atom stereocenters. The zero-order valence-electron chi connectivity index (χ0n) is 15.6. The molecule has 1 aromatic rings. The molecule has 0 aromatic heterocycles. The number of aliphatic hydroxyl groups is 2. The number of halogens is 1. The molecule has 6 nitrogen and oxygen atoms in total. The molecule has 0 unspecified atom stereocenters. The van der Waals surface area contributed by atoms with Crippen molar-refractivity contribution in [3.63, 3.8) is 0 Å². The van der Waals surface area contributed by atoms with E-state index in [2.05, 4.69) is 0 Å². The zero-order chi connectivity index (χ0) is 20.4. The SMILES string of the molecule is COc1cc(/C=C(\C)CC[C@@H](O)C2=C(C)CS(=O)(=O)[C@H]2CO)cc(I)c1O. The second kappa shape index (κ2) is 8.93. The fourth-order valence-electron chi connectivity index (χ4n) is 3.37. The fourth-order valence-corrected chi connectivity index (χ4v) is 5.94. The van der Waals surface area contributed by atoms with Crippen LogP contribution in [0.5, 0.6) is 11.5 Å². The largest absolute Gasteiger partial charge is 0.504 e. The van der Waals surface area contributed by atoms with Crippen molar-refractivity contribution in [3.8, 4) is 11.5 Å². The molecule has 150 valence electrons. The molecule has 8 heteroatoms. The van der Waals surface area contributed by atoms with Crippen LogP contribution in [0, 0.1) is 3.57 Å². The first-order valence-corrected chi connectivity index (χ1v) is 11.3. The van der Waals surface area contributed by atoms with Crippen LogP contribution in [0.3, 0.4) is 0 Å². The van der Waals surface area contributed by atoms with E-state index in [0.29, 0.717) is 33.3 Å². The minimum Gasteiger partial charge on any atom is -0.504 e. The van der Waals surface area contributed by atoms with Gasteiger partial charge < -0.3 is 20.1 Å². The lowest BCUT2D eigenvalue weighted by Gasteiger charge is -2.18. The average Bonchev–Trinajstić information content (AvgIpc) is 2.83. The maximum absolute atomic E-state index is 12.1. The van der Waals surface area contributed by atoms with Crippen LogP contribution < -0.4 is 4.74 Å². The number of hydrogen-bond acceptors (Lipinski definition) is 6. The normalized spacial score (nSPS) is 20.8. The van der Waals surface area contributed by atoms with Crippen molar-refractivity contribution < 1.29 is 28.5 Å². The minimum atomic E-state index is -3.42. The number of rotatable bonds is 7. The number of hydrogen-bond donors (Lipinski definition) is 3. The Labute approximate surface area is 173 Å². The summed E-state index contributed by atoms with van der Waals surface area (Å²) in [6, 6.07) is 3.56. The van der Waals surface area contributed by atoms with E-state index in [0.717, 1.165) is 11.1 Å². The summed E-state index contributed by atoms with van der Waals surface area (Å²) in [4.78, 5) is 0. The van der Waals surface area contributed by atoms with Crippen molar-refractivity contribution in [1.82, 2.24) is 0 Å². The van der Waals surface area contributed by atoms with Gasteiger partial charge in [-0.2, -0.15) is 0 Å². The van der Waals surface area contributed by atoms with E-state index in [-0.39, 0.29) is 11.5 Å². The van der Waals surface area contributed by atoms with E-state index >= 15 is 0 Å². The summed E-state index contributed by atoms with van der Waals surface area (Å²) in [5, 5.41) is 28.9. The van der Waals surface area contributed by atoms with Gasteiger partial charge in [-0.05, 0) is 72.5 Å². The smallest absolute Gasteiger partial charge is 0.171 e. The van der Waals surface area contributed by atoms with Crippen molar-refractivity contribution in [2.45, 2.75) is 38.0 Å². The predicted octanol–water partition coefficient (Wildman–Crippen LogP) is 2.66. The molecule has 0 fully saturated rings. The third-order valence-electron chi connectivity index (χ3n) is 4.71. The number of phenols is 1. The molecule has 0 bridgehead atoms. The summed E-state index contributed by atoms with van der Waals surface area (Å²) in [7, 11) is -1.93. The number of phenolic OH excluding ortho intramolecular Hbond substituents is 1. The monoisotopic (exact) mass is 508 g/mol. The Morgan fingerprint density at radius 2 is 2.11 bits per heavy atom. The summed E-state index contributed by atoms with van der Waals surface area (Å²) in [6.45, 7) is 3.11. The number of sulfone groups is 1. The van der Waals surface area contributed by atoms with Gasteiger partial charge in [0.25, 0.3) is 0 Å². The van der Waals surface area contributed by atoms with Crippen LogP contribution in [0.15, 0.2) is 28.9 Å². The van der Waals surface area contributed by atoms with Gasteiger partial charge in [-0.25, -0.2) is 8.42 Å². The first-order valence-electron chi connectivity index (χ1n) is 8.54. The van der Waals surface area contributed by atoms with Crippen molar-refractivity contribution in [3.05, 3.63) is 38.0 Å². The quantitative estimate of drug-likeness (QED) is 0.387. The number of aromatic hydroxyl groups is 1. The molecule has 1 heterocycles. The summed E-state index contributed by atoms with van der Waals surface area (Å²) in [5.74, 6) is 0.387. The first kappa shape index (κ1) is 22.2. The molecule has 0 saturated carbocycles. The lowest BCUT2D eigenvalue weighted by Crippen LogP contribution is -2.29. The Bertz CT molecular complexity index is 872. The van der Waals surface area contributed by atoms with Crippen LogP contribution >= 0.6 is 22.6 Å². The molecular formula is C19H25IO6S. The summed E-state index contributed by atoms with van der Waals surface area (Å²) in [6.07, 6.45) is 1.97. The number of benzene rings is 1. The highest BCUT2D eigenvalue weighted by Gasteiger charge is 2.39. The van der Waals surface area contributed by atoms with Crippen LogP contribution in [-0.4, -0.2) is 54.6 Å². The zero-order valence-corrected chi connectivity index (χ0v) is 18.5. The van der Waals surface area contributed by atoms with Crippen molar-refractivity contribution in [2.75, 3.05) is 19.5 Å². The molecule has 0 amide bonds. The van der Waals surface area contributed by atoms with Crippen molar-refractivity contribution in [2.24, 2.45) is 0 Å². The maximum Gasteiger partial charge on any atom is 0.171 e. The minimum absolute atomic E-state index is 0.100. The van der Waals surface area contributed by atoms with Gasteiger partial charge in [0.2, 0.25) is 0 Å². The van der Waals surface area contributed by atoms with E-state index in [9.17, 15) is 23.7 Å². The van der Waals surface area contributed by atoms with Crippen LogP contribution in [-0.2, 0) is 9.84 Å². The van der Waals surface area contributed by atoms with Crippen molar-refractivity contribution in [1.29, 1.82) is 0 Å². The number of allylic oxidation sites excluding steroid dienone is 1. The average molecular weight is 508 g/mol. The highest BCUT2D eigenvalue weighted by Crippen LogP contribution is 2.34. The van der Waals surface area contributed by atoms with Gasteiger partial charge in [-0.15, -0.1) is 0 Å². The highest BCUT2D eigenvalue weighted by atomic mass is 127. The Hall–Kier alpha value is -1.10. The molecule has 0 saturated heterocycles. The lowest BCUT2D eigenvalue weighted by atomic mass is 9.96. The Balaban J connectivity index is 2.11. The van der Waals surface area contributed by atoms with Crippen LogP contribution in [0.25, 0.3) is 6.08 Å². The van der Waals surface area contributed by atoms with E-state index in [4.69, 9.17) is 4.74 Å². The molecular weight excluding hydrogens is 483 g/mol. The van der Waals surface area contributed by atoms with Gasteiger partial charge >= 0.3 is 0 Å². The van der Waals surface area contributed by atoms with Crippen LogP contribution in [0.4, 0.5) is 0 Å². The van der Waals surface area contributed by atoms with Gasteiger partial charge in [0, 0.05) is 0 Å². The molecule has 2 rings (SSSR count). The third kappa shape index (κ3) is 5.04. The molecule has 1 aliphatic rings. The van der Waals surface area contributed by atoms with E-state index in [1.54, 1.807) is 13.0 Å². The lowest BCUT2D eigenvalue weighted by molar-refractivity contribution is 0.189. The third-order valence-corrected chi connectivity index (χ3v) is 7.64. The molecule has 0 aliphatic carbocycles. The Morgan fingerprint density at radius 1 is 1.44 bits per heavy atom. The van der Waals surface area contributed by atoms with Gasteiger partial charge in [0.15, 0.2) is 21.3 Å². The topological polar surface area (TPSA) is 104 Å². The van der Waals surface area contributed by atoms with Crippen LogP contribution in [0.1, 0.15) is 32.3 Å². The summed E-state index contributed by atoms with van der Waals surface area (Å²) < 4.78 is 30.0. The van der Waals surface area contributed by atoms with E-state index in [1.807, 2.05) is 41.7 Å². The number of ether oxygens (including phenoxy) is 1. The first-order chi connectivity index (χ1) is 12.6. The Kier molecular flexibility index (Phi) is 7.34. The second-order valence-electron chi connectivity index (χ2n) is 6.81. The van der Waals surface area contributed by atoms with E-state index in [1.165, 1.54) is 7.11 Å². The van der Waals surface area contributed by atoms with Crippen LogP contribution in [0.2, 0.25) is 0 Å². The molecule has 3 N–H and O–H groups in total. The van der Waals surface area contributed by atoms with Gasteiger partial charge in [0.1, 0.15) is 5.25 Å². The second-order valence-corrected chi connectivity index (χ2v) is 10.2. The predicted molar refractivity (Wildman–Crippen MR) is 114 cm³/mol.